The monoisotopic (exact) mass is 314 g/mol. The van der Waals surface area contributed by atoms with E-state index in [1.54, 1.807) is 6.07 Å². The number of hydrogen-bond acceptors (Lipinski definition) is 3. The Morgan fingerprint density at radius 2 is 2.00 bits per heavy atom. The van der Waals surface area contributed by atoms with Crippen LogP contribution in [-0.4, -0.2) is 11.0 Å². The third-order valence-corrected chi connectivity index (χ3v) is 4.21. The fourth-order valence-electron chi connectivity index (χ4n) is 1.84. The molecule has 0 bridgehead atoms. The highest BCUT2D eigenvalue weighted by atomic mass is 32.1. The standard InChI is InChI=1S/C15H17F3N2S/c1-9(2)19-8-13-10(3)20-14(21-13)11-5-4-6-12(7-11)15(16,17)18/h4-7,9,19H,8H2,1-3H3. The fourth-order valence-corrected chi connectivity index (χ4v) is 2.85. The molecule has 2 rings (SSSR count). The van der Waals surface area contributed by atoms with Gasteiger partial charge in [0.2, 0.25) is 0 Å². The van der Waals surface area contributed by atoms with Gasteiger partial charge in [0.25, 0.3) is 0 Å². The van der Waals surface area contributed by atoms with Crippen molar-refractivity contribution in [3.8, 4) is 10.6 Å². The number of alkyl halides is 3. The summed E-state index contributed by atoms with van der Waals surface area (Å²) in [7, 11) is 0. The predicted molar refractivity (Wildman–Crippen MR) is 79.3 cm³/mol. The van der Waals surface area contributed by atoms with E-state index in [0.717, 1.165) is 22.7 Å². The molecule has 114 valence electrons. The number of aromatic nitrogens is 1. The summed E-state index contributed by atoms with van der Waals surface area (Å²) in [6.07, 6.45) is -4.33. The SMILES string of the molecule is Cc1nc(-c2cccc(C(F)(F)F)c2)sc1CNC(C)C. The van der Waals surface area contributed by atoms with Gasteiger partial charge >= 0.3 is 6.18 Å². The molecule has 0 spiro atoms. The van der Waals surface area contributed by atoms with Crippen molar-refractivity contribution in [2.45, 2.75) is 39.5 Å². The van der Waals surface area contributed by atoms with Crippen molar-refractivity contribution in [1.82, 2.24) is 10.3 Å². The maximum absolute atomic E-state index is 12.8. The fraction of sp³-hybridized carbons (Fsp3) is 0.400. The van der Waals surface area contributed by atoms with Gasteiger partial charge in [-0.1, -0.05) is 26.0 Å². The molecule has 0 aliphatic carbocycles. The van der Waals surface area contributed by atoms with E-state index in [4.69, 9.17) is 0 Å². The minimum atomic E-state index is -4.33. The van der Waals surface area contributed by atoms with E-state index in [1.807, 2.05) is 20.8 Å². The average Bonchev–Trinajstić information content (AvgIpc) is 2.77. The normalized spacial score (nSPS) is 12.1. The van der Waals surface area contributed by atoms with Crippen molar-refractivity contribution >= 4 is 11.3 Å². The van der Waals surface area contributed by atoms with Crippen LogP contribution in [-0.2, 0) is 12.7 Å². The maximum Gasteiger partial charge on any atom is 0.416 e. The largest absolute Gasteiger partial charge is 0.416 e. The first-order valence-corrected chi connectivity index (χ1v) is 7.46. The Hall–Kier alpha value is -1.40. The van der Waals surface area contributed by atoms with Gasteiger partial charge in [-0.15, -0.1) is 11.3 Å². The van der Waals surface area contributed by atoms with Crippen molar-refractivity contribution in [2.75, 3.05) is 0 Å². The number of aryl methyl sites for hydroxylation is 1. The molecule has 1 aromatic carbocycles. The van der Waals surface area contributed by atoms with Gasteiger partial charge in [-0.2, -0.15) is 13.2 Å². The molecule has 1 N–H and O–H groups in total. The quantitative estimate of drug-likeness (QED) is 0.889. The smallest absolute Gasteiger partial charge is 0.310 e. The first kappa shape index (κ1) is 16.0. The van der Waals surface area contributed by atoms with Gasteiger partial charge in [0.05, 0.1) is 11.3 Å². The number of hydrogen-bond donors (Lipinski definition) is 1. The van der Waals surface area contributed by atoms with Gasteiger partial charge in [-0.05, 0) is 19.1 Å². The molecule has 0 aliphatic rings. The highest BCUT2D eigenvalue weighted by Gasteiger charge is 2.30. The summed E-state index contributed by atoms with van der Waals surface area (Å²) in [5.74, 6) is 0. The molecule has 0 saturated heterocycles. The lowest BCUT2D eigenvalue weighted by atomic mass is 10.1. The van der Waals surface area contributed by atoms with E-state index in [1.165, 1.54) is 17.4 Å². The van der Waals surface area contributed by atoms with Gasteiger partial charge in [-0.25, -0.2) is 4.98 Å². The Balaban J connectivity index is 2.28. The Bertz CT molecular complexity index is 618. The molecule has 0 amide bonds. The number of nitrogens with one attached hydrogen (secondary N) is 1. The third kappa shape index (κ3) is 4.04. The van der Waals surface area contributed by atoms with E-state index < -0.39 is 11.7 Å². The number of nitrogens with zero attached hydrogens (tertiary/aromatic N) is 1. The second-order valence-electron chi connectivity index (χ2n) is 5.14. The number of benzene rings is 1. The zero-order valence-corrected chi connectivity index (χ0v) is 12.9. The Kier molecular flexibility index (Phi) is 4.68. The lowest BCUT2D eigenvalue weighted by Crippen LogP contribution is -2.21. The van der Waals surface area contributed by atoms with Crippen LogP contribution in [0.4, 0.5) is 13.2 Å². The minimum Gasteiger partial charge on any atom is -0.310 e. The molecular formula is C15H17F3N2S. The first-order valence-electron chi connectivity index (χ1n) is 6.64. The number of thiazole rings is 1. The average molecular weight is 314 g/mol. The van der Waals surface area contributed by atoms with Crippen LogP contribution in [0.2, 0.25) is 0 Å². The van der Waals surface area contributed by atoms with Gasteiger partial charge in [-0.3, -0.25) is 0 Å². The van der Waals surface area contributed by atoms with E-state index in [9.17, 15) is 13.2 Å². The molecule has 0 aliphatic heterocycles. The Morgan fingerprint density at radius 3 is 2.62 bits per heavy atom. The summed E-state index contributed by atoms with van der Waals surface area (Å²) in [6.45, 7) is 6.65. The Labute approximate surface area is 126 Å². The number of rotatable bonds is 4. The molecule has 2 nitrogen and oxygen atoms in total. The van der Waals surface area contributed by atoms with Crippen molar-refractivity contribution in [1.29, 1.82) is 0 Å². The van der Waals surface area contributed by atoms with Crippen LogP contribution in [0.25, 0.3) is 10.6 Å². The first-order chi connectivity index (χ1) is 9.77. The lowest BCUT2D eigenvalue weighted by molar-refractivity contribution is -0.137. The van der Waals surface area contributed by atoms with Crippen LogP contribution in [0, 0.1) is 6.92 Å². The molecular weight excluding hydrogens is 297 g/mol. The van der Waals surface area contributed by atoms with Crippen LogP contribution in [0.5, 0.6) is 0 Å². The lowest BCUT2D eigenvalue weighted by Gasteiger charge is -2.07. The van der Waals surface area contributed by atoms with E-state index in [2.05, 4.69) is 10.3 Å². The highest BCUT2D eigenvalue weighted by Crippen LogP contribution is 2.34. The van der Waals surface area contributed by atoms with Crippen molar-refractivity contribution < 1.29 is 13.2 Å². The molecule has 0 unspecified atom stereocenters. The molecule has 21 heavy (non-hydrogen) atoms. The van der Waals surface area contributed by atoms with Crippen molar-refractivity contribution in [3.05, 3.63) is 40.4 Å². The minimum absolute atomic E-state index is 0.350. The number of halogens is 3. The van der Waals surface area contributed by atoms with E-state index >= 15 is 0 Å². The van der Waals surface area contributed by atoms with Gasteiger partial charge in [0, 0.05) is 23.0 Å². The summed E-state index contributed by atoms with van der Waals surface area (Å²) in [6, 6.07) is 5.65. The maximum atomic E-state index is 12.8. The van der Waals surface area contributed by atoms with Crippen LogP contribution in [0.1, 0.15) is 30.0 Å². The molecule has 0 atom stereocenters. The molecule has 6 heteroatoms. The molecule has 1 aromatic heterocycles. The molecule has 0 saturated carbocycles. The topological polar surface area (TPSA) is 24.9 Å². The third-order valence-electron chi connectivity index (χ3n) is 3.00. The summed E-state index contributed by atoms with van der Waals surface area (Å²) < 4.78 is 38.3. The van der Waals surface area contributed by atoms with Gasteiger partial charge in [0.1, 0.15) is 5.01 Å². The summed E-state index contributed by atoms with van der Waals surface area (Å²) in [5, 5.41) is 3.92. The van der Waals surface area contributed by atoms with Crippen molar-refractivity contribution in [3.63, 3.8) is 0 Å². The van der Waals surface area contributed by atoms with Crippen LogP contribution in [0.15, 0.2) is 24.3 Å². The van der Waals surface area contributed by atoms with E-state index in [-0.39, 0.29) is 0 Å². The predicted octanol–water partition coefficient (Wildman–Crippen LogP) is 4.64. The molecule has 0 fully saturated rings. The highest BCUT2D eigenvalue weighted by molar-refractivity contribution is 7.15. The van der Waals surface area contributed by atoms with Crippen LogP contribution >= 0.6 is 11.3 Å². The molecule has 0 radical (unpaired) electrons. The Morgan fingerprint density at radius 1 is 1.29 bits per heavy atom. The second-order valence-corrected chi connectivity index (χ2v) is 6.23. The summed E-state index contributed by atoms with van der Waals surface area (Å²) >= 11 is 1.43. The van der Waals surface area contributed by atoms with Crippen molar-refractivity contribution in [2.24, 2.45) is 0 Å². The van der Waals surface area contributed by atoms with Crippen LogP contribution < -0.4 is 5.32 Å². The summed E-state index contributed by atoms with van der Waals surface area (Å²) in [4.78, 5) is 5.45. The van der Waals surface area contributed by atoms with Gasteiger partial charge in [0.15, 0.2) is 0 Å². The molecule has 2 aromatic rings. The van der Waals surface area contributed by atoms with Gasteiger partial charge < -0.3 is 5.32 Å². The summed E-state index contributed by atoms with van der Waals surface area (Å²) in [5.41, 5.74) is 0.726. The zero-order valence-electron chi connectivity index (χ0n) is 12.1. The second kappa shape index (κ2) is 6.15. The van der Waals surface area contributed by atoms with Crippen LogP contribution in [0.3, 0.4) is 0 Å². The molecule has 1 heterocycles. The zero-order chi connectivity index (χ0) is 15.6. The van der Waals surface area contributed by atoms with E-state index in [0.29, 0.717) is 23.2 Å².